The maximum Gasteiger partial charge on any atom is 0.0645 e. The van der Waals surface area contributed by atoms with Gasteiger partial charge in [-0.2, -0.15) is 0 Å². The number of halogens is 1. The van der Waals surface area contributed by atoms with Gasteiger partial charge in [-0.1, -0.05) is 6.07 Å². The average molecular weight is 170 g/mol. The van der Waals surface area contributed by atoms with Crippen molar-refractivity contribution in [3.63, 3.8) is 0 Å². The molecule has 2 bridgehead atoms. The average Bonchev–Trinajstić information content (AvgIpc) is 1.89. The molecule has 0 saturated carbocycles. The monoisotopic (exact) mass is 169 g/mol. The molecule has 0 amide bonds. The Morgan fingerprint density at radius 3 is 2.12 bits per heavy atom. The van der Waals surface area contributed by atoms with Crippen molar-refractivity contribution in [3.8, 4) is 0 Å². The molecule has 2 heterocycles. The molecule has 0 radical (unpaired) electrons. The van der Waals surface area contributed by atoms with Crippen molar-refractivity contribution in [3.05, 3.63) is 22.7 Å². The molecule has 1 aromatic carbocycles. The first kappa shape index (κ1) is 4.39. The smallest absolute Gasteiger partial charge is 0.0645 e. The van der Waals surface area contributed by atoms with Crippen LogP contribution in [0.15, 0.2) is 22.7 Å². The Bertz CT molecular complexity index is 212. The van der Waals surface area contributed by atoms with Crippen molar-refractivity contribution in [1.82, 2.24) is 0 Å². The van der Waals surface area contributed by atoms with Crippen molar-refractivity contribution in [1.29, 1.82) is 0 Å². The minimum Gasteiger partial charge on any atom is -0.354 e. The molecule has 3 rings (SSSR count). The van der Waals surface area contributed by atoms with Gasteiger partial charge < -0.3 is 5.32 Å². The summed E-state index contributed by atoms with van der Waals surface area (Å²) in [6, 6.07) is 6.11. The number of anilines is 2. The fraction of sp³-hybridized carbons (Fsp3) is 0. The number of hydrogen-bond donors (Lipinski definition) is 1. The van der Waals surface area contributed by atoms with Gasteiger partial charge in [0.25, 0.3) is 0 Å². The molecule has 0 unspecified atom stereocenters. The molecule has 2 heteroatoms. The summed E-state index contributed by atoms with van der Waals surface area (Å²) in [7, 11) is 0. The number of fused-ring (bicyclic) bond motifs is 2. The van der Waals surface area contributed by atoms with Crippen LogP contribution in [0.2, 0.25) is 0 Å². The summed E-state index contributed by atoms with van der Waals surface area (Å²) >= 11 is 3.40. The minimum absolute atomic E-state index is 1.20. The van der Waals surface area contributed by atoms with Gasteiger partial charge in [-0.05, 0) is 28.1 Å². The van der Waals surface area contributed by atoms with E-state index < -0.39 is 0 Å². The van der Waals surface area contributed by atoms with Crippen LogP contribution < -0.4 is 5.32 Å². The van der Waals surface area contributed by atoms with Gasteiger partial charge in [0.05, 0.1) is 15.8 Å². The molecule has 40 valence electrons. The van der Waals surface area contributed by atoms with E-state index in [0.29, 0.717) is 0 Å². The number of benzene rings is 1. The summed E-state index contributed by atoms with van der Waals surface area (Å²) in [4.78, 5) is 0. The van der Waals surface area contributed by atoms with Crippen LogP contribution in [-0.4, -0.2) is 0 Å². The fourth-order valence-electron chi connectivity index (χ4n) is 0.808. The highest BCUT2D eigenvalue weighted by molar-refractivity contribution is 9.10. The molecule has 0 aliphatic carbocycles. The first-order chi connectivity index (χ1) is 3.88. The largest absolute Gasteiger partial charge is 0.354 e. The van der Waals surface area contributed by atoms with Crippen LogP contribution in [0.25, 0.3) is 0 Å². The topological polar surface area (TPSA) is 12.0 Å². The Labute approximate surface area is 55.8 Å². The maximum absolute atomic E-state index is 3.40. The first-order valence-corrected chi connectivity index (χ1v) is 3.23. The summed E-state index contributed by atoms with van der Waals surface area (Å²) < 4.78 is 1.21. The molecule has 2 aliphatic rings. The van der Waals surface area contributed by atoms with Gasteiger partial charge in [-0.15, -0.1) is 0 Å². The lowest BCUT2D eigenvalue weighted by Gasteiger charge is -2.20. The van der Waals surface area contributed by atoms with Crippen molar-refractivity contribution in [2.24, 2.45) is 0 Å². The van der Waals surface area contributed by atoms with Crippen LogP contribution >= 0.6 is 15.9 Å². The standard InChI is InChI=1S/C6H4BrN/c7-6-4-2-1-3-5(6)8-4/h1-3,8H. The quantitative estimate of drug-likeness (QED) is 0.640. The van der Waals surface area contributed by atoms with Gasteiger partial charge in [0.15, 0.2) is 0 Å². The molecule has 0 saturated heterocycles. The lowest BCUT2D eigenvalue weighted by Crippen LogP contribution is -2.01. The third-order valence-corrected chi connectivity index (χ3v) is 2.12. The third kappa shape index (κ3) is 0.364. The first-order valence-electron chi connectivity index (χ1n) is 2.43. The zero-order chi connectivity index (χ0) is 5.56. The molecule has 8 heavy (non-hydrogen) atoms. The van der Waals surface area contributed by atoms with Gasteiger partial charge in [0.2, 0.25) is 0 Å². The van der Waals surface area contributed by atoms with E-state index in [1.807, 2.05) is 18.2 Å². The molecule has 2 aliphatic heterocycles. The minimum atomic E-state index is 1.20. The molecule has 1 aromatic rings. The van der Waals surface area contributed by atoms with E-state index in [4.69, 9.17) is 0 Å². The Balaban J connectivity index is 2.75. The van der Waals surface area contributed by atoms with Gasteiger partial charge in [-0.3, -0.25) is 0 Å². The predicted octanol–water partition coefficient (Wildman–Crippen LogP) is 2.51. The SMILES string of the molecule is Brc1c2cccc1N2. The highest BCUT2D eigenvalue weighted by Crippen LogP contribution is 2.41. The van der Waals surface area contributed by atoms with Crippen molar-refractivity contribution < 1.29 is 0 Å². The van der Waals surface area contributed by atoms with E-state index in [1.54, 1.807) is 0 Å². The Morgan fingerprint density at radius 1 is 1.25 bits per heavy atom. The van der Waals surface area contributed by atoms with E-state index in [1.165, 1.54) is 15.8 Å². The molecule has 0 atom stereocenters. The number of hydrogen-bond acceptors (Lipinski definition) is 1. The molecular formula is C6H4BrN. The fourth-order valence-corrected chi connectivity index (χ4v) is 1.27. The van der Waals surface area contributed by atoms with Crippen molar-refractivity contribution >= 4 is 27.3 Å². The van der Waals surface area contributed by atoms with E-state index in [-0.39, 0.29) is 0 Å². The van der Waals surface area contributed by atoms with Crippen LogP contribution in [0.5, 0.6) is 0 Å². The summed E-state index contributed by atoms with van der Waals surface area (Å²) in [6.07, 6.45) is 0. The molecule has 0 fully saturated rings. The second kappa shape index (κ2) is 1.26. The molecular weight excluding hydrogens is 166 g/mol. The maximum atomic E-state index is 3.40. The number of nitrogens with one attached hydrogen (secondary N) is 1. The second-order valence-electron chi connectivity index (χ2n) is 1.79. The molecule has 1 nitrogen and oxygen atoms in total. The number of rotatable bonds is 0. The molecule has 0 aromatic heterocycles. The summed E-state index contributed by atoms with van der Waals surface area (Å²) in [5.41, 5.74) is 2.39. The molecule has 1 N–H and O–H groups in total. The molecule has 0 spiro atoms. The van der Waals surface area contributed by atoms with E-state index in [2.05, 4.69) is 21.2 Å². The van der Waals surface area contributed by atoms with Crippen LogP contribution in [0.4, 0.5) is 11.4 Å². The normalized spacial score (nSPS) is 12.1. The van der Waals surface area contributed by atoms with Crippen LogP contribution in [-0.2, 0) is 0 Å². The van der Waals surface area contributed by atoms with Crippen LogP contribution in [0, 0.1) is 0 Å². The summed E-state index contributed by atoms with van der Waals surface area (Å²) in [6.45, 7) is 0. The Morgan fingerprint density at radius 2 is 1.88 bits per heavy atom. The summed E-state index contributed by atoms with van der Waals surface area (Å²) in [5.74, 6) is 0. The van der Waals surface area contributed by atoms with Crippen molar-refractivity contribution in [2.75, 3.05) is 5.32 Å². The van der Waals surface area contributed by atoms with Gasteiger partial charge >= 0.3 is 0 Å². The van der Waals surface area contributed by atoms with Gasteiger partial charge in [0, 0.05) is 0 Å². The highest BCUT2D eigenvalue weighted by Gasteiger charge is 2.13. The third-order valence-electron chi connectivity index (χ3n) is 1.27. The predicted molar refractivity (Wildman–Crippen MR) is 37.4 cm³/mol. The van der Waals surface area contributed by atoms with Crippen molar-refractivity contribution in [2.45, 2.75) is 0 Å². The lowest BCUT2D eigenvalue weighted by molar-refractivity contribution is 1.43. The Hall–Kier alpha value is -0.500. The lowest BCUT2D eigenvalue weighted by atomic mass is 10.2. The van der Waals surface area contributed by atoms with Crippen LogP contribution in [0.1, 0.15) is 0 Å². The van der Waals surface area contributed by atoms with E-state index >= 15 is 0 Å². The Kier molecular flexibility index (Phi) is 0.690. The summed E-state index contributed by atoms with van der Waals surface area (Å²) in [5, 5.41) is 3.14. The van der Waals surface area contributed by atoms with E-state index in [0.717, 1.165) is 0 Å². The second-order valence-corrected chi connectivity index (χ2v) is 2.59. The van der Waals surface area contributed by atoms with E-state index in [9.17, 15) is 0 Å². The van der Waals surface area contributed by atoms with Gasteiger partial charge in [-0.25, -0.2) is 0 Å². The van der Waals surface area contributed by atoms with Crippen LogP contribution in [0.3, 0.4) is 0 Å². The zero-order valence-corrected chi connectivity index (χ0v) is 5.70. The van der Waals surface area contributed by atoms with Gasteiger partial charge in [0.1, 0.15) is 0 Å². The highest BCUT2D eigenvalue weighted by atomic mass is 79.9. The zero-order valence-electron chi connectivity index (χ0n) is 4.11.